The first-order valence-electron chi connectivity index (χ1n) is 25.3. The molecule has 2 aromatic carbocycles. The van der Waals surface area contributed by atoms with Crippen LogP contribution in [0.15, 0.2) is 70.5 Å². The van der Waals surface area contributed by atoms with E-state index in [0.29, 0.717) is 64.8 Å². The largest absolute Gasteiger partial charge is 0.480 e. The first kappa shape index (κ1) is 53.5. The number of ether oxygens (including phenoxy) is 2. The average molecular weight is 1020 g/mol. The van der Waals surface area contributed by atoms with Gasteiger partial charge in [-0.15, -0.1) is 0 Å². The minimum Gasteiger partial charge on any atom is -0.480 e. The molecule has 1 atom stereocenters. The van der Waals surface area contributed by atoms with Crippen molar-refractivity contribution in [2.45, 2.75) is 113 Å². The van der Waals surface area contributed by atoms with Crippen LogP contribution in [0.2, 0.25) is 10.0 Å². The lowest BCUT2D eigenvalue weighted by Gasteiger charge is -2.30. The number of carbonyl (C=O) groups excluding carboxylic acids is 2. The van der Waals surface area contributed by atoms with E-state index in [0.717, 1.165) is 91.5 Å². The van der Waals surface area contributed by atoms with Crippen molar-refractivity contribution in [2.75, 3.05) is 59.8 Å². The number of pyridine rings is 2. The van der Waals surface area contributed by atoms with E-state index in [1.165, 1.54) is 0 Å². The molecule has 2 saturated heterocycles. The van der Waals surface area contributed by atoms with Gasteiger partial charge in [0, 0.05) is 73.8 Å². The van der Waals surface area contributed by atoms with Crippen molar-refractivity contribution in [3.63, 3.8) is 0 Å². The lowest BCUT2D eigenvalue weighted by Crippen LogP contribution is -2.34. The molecule has 0 radical (unpaired) electrons. The molecule has 0 aliphatic carbocycles. The molecule has 6 aromatic rings. The SMILES string of the molecule is CCC(=O)COc1cc2cc(Nc3nc(N4CCC(C)CC4)ncc3Cl)ccc2n(C(C)CC)c1=O.CCC(=O)COc1cc2cc(Nc3nc(N4CCC(C)CC4)ncc3Cl)ccc2n(CC(C)C)c1=O. The second-order valence-electron chi connectivity index (χ2n) is 19.5. The van der Waals surface area contributed by atoms with E-state index >= 15 is 0 Å². The molecule has 0 saturated carbocycles. The summed E-state index contributed by atoms with van der Waals surface area (Å²) in [7, 11) is 0. The van der Waals surface area contributed by atoms with Crippen molar-refractivity contribution >= 4 is 91.5 Å². The highest BCUT2D eigenvalue weighted by atomic mass is 35.5. The molecule has 1 unspecified atom stereocenters. The molecular weight excluding hydrogens is 956 g/mol. The number of hydrogen-bond donors (Lipinski definition) is 2. The van der Waals surface area contributed by atoms with Gasteiger partial charge in [0.1, 0.15) is 23.3 Å². The fourth-order valence-electron chi connectivity index (χ4n) is 8.62. The quantitative estimate of drug-likeness (QED) is 0.0830. The predicted octanol–water partition coefficient (Wildman–Crippen LogP) is 11.2. The Labute approximate surface area is 431 Å². The fraction of sp³-hybridized carbons (Fsp3) is 0.481. The summed E-state index contributed by atoms with van der Waals surface area (Å²) in [6.45, 7) is 20.2. The van der Waals surface area contributed by atoms with E-state index in [9.17, 15) is 19.2 Å². The van der Waals surface area contributed by atoms with Crippen molar-refractivity contribution in [1.82, 2.24) is 29.1 Å². The molecule has 6 heterocycles. The van der Waals surface area contributed by atoms with Crippen LogP contribution in [-0.2, 0) is 16.1 Å². The molecular formula is C54H68Cl2N10O6. The lowest BCUT2D eigenvalue weighted by atomic mass is 10.00. The smallest absolute Gasteiger partial charge is 0.293 e. The zero-order valence-electron chi connectivity index (χ0n) is 42.8. The van der Waals surface area contributed by atoms with Crippen LogP contribution in [-0.4, -0.2) is 80.0 Å². The van der Waals surface area contributed by atoms with Gasteiger partial charge in [-0.3, -0.25) is 19.2 Å². The summed E-state index contributed by atoms with van der Waals surface area (Å²) in [5.74, 6) is 4.29. The van der Waals surface area contributed by atoms with Gasteiger partial charge in [-0.1, -0.05) is 71.7 Å². The minimum absolute atomic E-state index is 0.0321. The maximum Gasteiger partial charge on any atom is 0.293 e. The standard InChI is InChI=1S/2C27H34ClN5O3/c1-5-21(34)16-36-24-13-19-12-20(6-7-23(19)33(26(24)35)15-17(2)3)30-25-22(28)14-29-27(31-25)32-10-8-18(4)9-11-32;1-5-18(4)33-23-8-7-20(13-19(23)14-24(26(33)35)36-16-21(34)6-2)30-25-22(28)15-29-27(31-25)32-11-9-17(3)10-12-32/h6-7,12-14,17-18H,5,8-11,15-16H2,1-4H3,(H,29,30,31);7-8,13-15,17-18H,5-6,9-12,16H2,1-4H3,(H,29,30,31). The van der Waals surface area contributed by atoms with Crippen molar-refractivity contribution in [3.8, 4) is 11.5 Å². The second-order valence-corrected chi connectivity index (χ2v) is 20.3. The summed E-state index contributed by atoms with van der Waals surface area (Å²) in [6, 6.07) is 14.9. The number of anilines is 6. The Morgan fingerprint density at radius 3 is 1.56 bits per heavy atom. The van der Waals surface area contributed by atoms with Gasteiger partial charge in [0.25, 0.3) is 11.1 Å². The monoisotopic (exact) mass is 1020 g/mol. The topological polar surface area (TPSA) is 179 Å². The van der Waals surface area contributed by atoms with E-state index in [2.05, 4.69) is 58.1 Å². The maximum absolute atomic E-state index is 13.2. The van der Waals surface area contributed by atoms with Crippen molar-refractivity contribution in [2.24, 2.45) is 17.8 Å². The average Bonchev–Trinajstić information content (AvgIpc) is 3.37. The molecule has 0 spiro atoms. The third-order valence-corrected chi connectivity index (χ3v) is 13.9. The molecule has 2 N–H and O–H groups in total. The number of piperidine rings is 2. The van der Waals surface area contributed by atoms with Gasteiger partial charge in [-0.2, -0.15) is 9.97 Å². The van der Waals surface area contributed by atoms with E-state index in [-0.39, 0.29) is 59.4 Å². The summed E-state index contributed by atoms with van der Waals surface area (Å²) in [6.07, 6.45) is 9.22. The first-order valence-corrected chi connectivity index (χ1v) is 26.1. The maximum atomic E-state index is 13.2. The van der Waals surface area contributed by atoms with Gasteiger partial charge in [-0.25, -0.2) is 9.97 Å². The second kappa shape index (κ2) is 24.4. The highest BCUT2D eigenvalue weighted by molar-refractivity contribution is 6.33. The molecule has 384 valence electrons. The van der Waals surface area contributed by atoms with Gasteiger partial charge in [0.05, 0.1) is 23.4 Å². The number of hydrogen-bond acceptors (Lipinski definition) is 14. The Morgan fingerprint density at radius 2 is 1.11 bits per heavy atom. The van der Waals surface area contributed by atoms with Crippen molar-refractivity contribution in [1.29, 1.82) is 0 Å². The van der Waals surface area contributed by atoms with Crippen LogP contribution in [0.3, 0.4) is 0 Å². The summed E-state index contributed by atoms with van der Waals surface area (Å²) in [5, 5.41) is 9.11. The zero-order chi connectivity index (χ0) is 51.6. The Balaban J connectivity index is 0.000000211. The summed E-state index contributed by atoms with van der Waals surface area (Å²) in [5.41, 5.74) is 2.66. The number of carbonyl (C=O) groups is 2. The Kier molecular flexibility index (Phi) is 18.2. The van der Waals surface area contributed by atoms with Gasteiger partial charge < -0.3 is 39.0 Å². The van der Waals surface area contributed by atoms with Gasteiger partial charge in [0.2, 0.25) is 11.9 Å². The summed E-state index contributed by atoms with van der Waals surface area (Å²) >= 11 is 12.9. The number of nitrogens with one attached hydrogen (secondary N) is 2. The number of fused-ring (bicyclic) bond motifs is 2. The van der Waals surface area contributed by atoms with Crippen LogP contribution in [0.25, 0.3) is 21.8 Å². The molecule has 72 heavy (non-hydrogen) atoms. The normalized spacial score (nSPS) is 14.8. The molecule has 8 rings (SSSR count). The lowest BCUT2D eigenvalue weighted by molar-refractivity contribution is -0.121. The summed E-state index contributed by atoms with van der Waals surface area (Å²) < 4.78 is 14.7. The first-order chi connectivity index (χ1) is 34.5. The van der Waals surface area contributed by atoms with E-state index in [1.54, 1.807) is 47.5 Å². The number of ketones is 2. The van der Waals surface area contributed by atoms with Crippen molar-refractivity contribution < 1.29 is 19.1 Å². The minimum atomic E-state index is -0.236. The fourth-order valence-corrected chi connectivity index (χ4v) is 8.89. The predicted molar refractivity (Wildman–Crippen MR) is 290 cm³/mol. The number of aromatic nitrogens is 6. The number of rotatable bonds is 18. The van der Waals surface area contributed by atoms with Crippen LogP contribution >= 0.6 is 23.2 Å². The van der Waals surface area contributed by atoms with Crippen LogP contribution in [0, 0.1) is 17.8 Å². The third-order valence-electron chi connectivity index (χ3n) is 13.3. The van der Waals surface area contributed by atoms with Crippen LogP contribution in [0.5, 0.6) is 11.5 Å². The molecule has 2 fully saturated rings. The molecule has 2 aliphatic rings. The Bertz CT molecular complexity index is 3000. The third kappa shape index (κ3) is 13.2. The number of halogens is 2. The zero-order valence-corrected chi connectivity index (χ0v) is 44.3. The number of nitrogens with zero attached hydrogens (tertiary/aromatic N) is 8. The van der Waals surface area contributed by atoms with Gasteiger partial charge in [-0.05, 0) is 105 Å². The molecule has 16 nitrogen and oxygen atoms in total. The number of Topliss-reactive ketones (excluding diaryl/α,β-unsaturated/α-hetero) is 2. The van der Waals surface area contributed by atoms with E-state index in [1.807, 2.05) is 50.2 Å². The van der Waals surface area contributed by atoms with E-state index in [4.69, 9.17) is 42.6 Å². The Hall–Kier alpha value is -6.26. The Morgan fingerprint density at radius 1 is 0.667 bits per heavy atom. The van der Waals surface area contributed by atoms with Gasteiger partial charge >= 0.3 is 0 Å². The van der Waals surface area contributed by atoms with Crippen LogP contribution in [0.1, 0.15) is 106 Å². The highest BCUT2D eigenvalue weighted by Gasteiger charge is 2.22. The van der Waals surface area contributed by atoms with Crippen LogP contribution < -0.4 is 41.0 Å². The highest BCUT2D eigenvalue weighted by Crippen LogP contribution is 2.32. The van der Waals surface area contributed by atoms with Crippen molar-refractivity contribution in [3.05, 3.63) is 91.7 Å². The van der Waals surface area contributed by atoms with Gasteiger partial charge in [0.15, 0.2) is 34.7 Å². The molecule has 18 heteroatoms. The summed E-state index contributed by atoms with van der Waals surface area (Å²) in [4.78, 5) is 72.6. The van der Waals surface area contributed by atoms with E-state index < -0.39 is 0 Å². The molecule has 2 aliphatic heterocycles. The molecule has 0 bridgehead atoms. The van der Waals surface area contributed by atoms with Crippen LogP contribution in [0.4, 0.5) is 34.9 Å². The number of benzene rings is 2. The molecule has 0 amide bonds. The molecule has 4 aromatic heterocycles.